The molecule has 4 atom stereocenters. The van der Waals surface area contributed by atoms with E-state index in [4.69, 9.17) is 8.92 Å². The van der Waals surface area contributed by atoms with Crippen LogP contribution in [0.4, 0.5) is 5.69 Å². The molecular weight excluding hydrogens is 603 g/mol. The van der Waals surface area contributed by atoms with Gasteiger partial charge in [0.2, 0.25) is 0 Å². The zero-order chi connectivity index (χ0) is 33.5. The first-order chi connectivity index (χ1) is 21.4. The van der Waals surface area contributed by atoms with Crippen LogP contribution in [0.15, 0.2) is 77.7 Å². The number of fused-ring (bicyclic) bond motifs is 1. The van der Waals surface area contributed by atoms with Crippen LogP contribution in [0.5, 0.6) is 5.75 Å². The van der Waals surface area contributed by atoms with Crippen LogP contribution in [0.25, 0.3) is 0 Å². The van der Waals surface area contributed by atoms with E-state index in [1.165, 1.54) is 39.3 Å². The molecule has 4 unspecified atom stereocenters. The molecule has 1 saturated heterocycles. The van der Waals surface area contributed by atoms with E-state index in [1.54, 1.807) is 0 Å². The maximum Gasteiger partial charge on any atom is 0.161 e. The van der Waals surface area contributed by atoms with Crippen molar-refractivity contribution in [1.82, 2.24) is 0 Å². The second-order valence-electron chi connectivity index (χ2n) is 17.5. The summed E-state index contributed by atoms with van der Waals surface area (Å²) in [6.07, 6.45) is 2.31. The minimum Gasteiger partial charge on any atom is -0.473 e. The van der Waals surface area contributed by atoms with Gasteiger partial charge in [-0.25, -0.2) is 0 Å². The first-order valence-corrected chi connectivity index (χ1v) is 18.6. The first-order valence-electron chi connectivity index (χ1n) is 17.0. The van der Waals surface area contributed by atoms with Gasteiger partial charge in [0.05, 0.1) is 6.61 Å². The summed E-state index contributed by atoms with van der Waals surface area (Å²) >= 11 is 3.71. The van der Waals surface area contributed by atoms with Crippen LogP contribution in [-0.2, 0) is 10.7 Å². The van der Waals surface area contributed by atoms with Gasteiger partial charge in [0.25, 0.3) is 0 Å². The predicted octanol–water partition coefficient (Wildman–Crippen LogP) is 12.1. The van der Waals surface area contributed by atoms with E-state index in [2.05, 4.69) is 166 Å². The maximum absolute atomic E-state index is 6.24. The normalized spacial score (nSPS) is 23.0. The van der Waals surface area contributed by atoms with Crippen molar-refractivity contribution in [2.24, 2.45) is 16.2 Å². The molecule has 3 aromatic carbocycles. The Bertz CT molecular complexity index is 1470. The van der Waals surface area contributed by atoms with Crippen molar-refractivity contribution < 1.29 is 8.92 Å². The Labute approximate surface area is 288 Å². The molecule has 1 fully saturated rings. The van der Waals surface area contributed by atoms with Crippen LogP contribution in [0, 0.1) is 16.2 Å². The molecule has 46 heavy (non-hydrogen) atoms. The van der Waals surface area contributed by atoms with Crippen molar-refractivity contribution >= 4 is 29.5 Å². The van der Waals surface area contributed by atoms with Gasteiger partial charge in [0.1, 0.15) is 5.75 Å². The maximum atomic E-state index is 6.24. The molecule has 0 spiro atoms. The highest BCUT2D eigenvalue weighted by molar-refractivity contribution is 8.09. The van der Waals surface area contributed by atoms with Gasteiger partial charge in [-0.05, 0) is 90.3 Å². The second-order valence-corrected chi connectivity index (χ2v) is 20.4. The van der Waals surface area contributed by atoms with E-state index in [0.717, 1.165) is 31.7 Å². The summed E-state index contributed by atoms with van der Waals surface area (Å²) in [5, 5.41) is 0. The van der Waals surface area contributed by atoms with Crippen molar-refractivity contribution in [3.05, 3.63) is 89.5 Å². The van der Waals surface area contributed by atoms with E-state index in [9.17, 15) is 0 Å². The summed E-state index contributed by atoms with van der Waals surface area (Å²) in [7, 11) is 0. The van der Waals surface area contributed by atoms with Crippen molar-refractivity contribution in [2.45, 2.75) is 122 Å². The third-order valence-electron chi connectivity index (χ3n) is 9.84. The molecule has 0 amide bonds. The molecule has 0 N–H and O–H groups in total. The standard InChI is InChI=1S/C41H57NO2S2/c1-37(2,3)24-35(29-17-20-33(21-18-29)45-44-27-38(4,5)6)41(11)40(10,46-41)25-34(39(7,8)9)30-19-22-36-31(23-30)26-42(28-43-36)32-15-13-12-14-16-32/h12-23,34-35H,24-28H2,1-11H3. The number of hydrogen-bond donors (Lipinski definition) is 0. The quantitative estimate of drug-likeness (QED) is 0.159. The molecule has 0 radical (unpaired) electrons. The Hall–Kier alpha value is -2.08. The minimum atomic E-state index is 0.126. The molecule has 0 saturated carbocycles. The molecule has 5 rings (SSSR count). The number of hydrogen-bond acceptors (Lipinski definition) is 5. The molecular formula is C41H57NO2S2. The van der Waals surface area contributed by atoms with Crippen molar-refractivity contribution in [3.63, 3.8) is 0 Å². The molecule has 2 aliphatic heterocycles. The van der Waals surface area contributed by atoms with Crippen LogP contribution in [0.1, 0.15) is 118 Å². The van der Waals surface area contributed by atoms with Gasteiger partial charge in [-0.15, -0.1) is 11.8 Å². The van der Waals surface area contributed by atoms with Crippen LogP contribution in [-0.4, -0.2) is 22.8 Å². The Morgan fingerprint density at radius 3 is 2.11 bits per heavy atom. The number of anilines is 1. The summed E-state index contributed by atoms with van der Waals surface area (Å²) in [6.45, 7) is 28.3. The molecule has 0 aliphatic carbocycles. The monoisotopic (exact) mass is 659 g/mol. The van der Waals surface area contributed by atoms with E-state index in [-0.39, 0.29) is 25.7 Å². The molecule has 250 valence electrons. The summed E-state index contributed by atoms with van der Waals surface area (Å²) in [6, 6.07) is 26.9. The summed E-state index contributed by atoms with van der Waals surface area (Å²) in [4.78, 5) is 3.50. The molecule has 3 aromatic rings. The lowest BCUT2D eigenvalue weighted by Crippen LogP contribution is -2.34. The van der Waals surface area contributed by atoms with Gasteiger partial charge < -0.3 is 13.8 Å². The molecule has 0 aromatic heterocycles. The van der Waals surface area contributed by atoms with E-state index in [1.807, 2.05) is 0 Å². The lowest BCUT2D eigenvalue weighted by atomic mass is 9.66. The summed E-state index contributed by atoms with van der Waals surface area (Å²) in [5.74, 6) is 1.92. The Balaban J connectivity index is 1.37. The number of rotatable bonds is 10. The SMILES string of the molecule is CC(C)(C)COSc1ccc(C(CC(C)(C)C)C2(C)SC2(C)CC(c2ccc3c(c2)CN(c2ccccc2)CO3)C(C)(C)C)cc1. The van der Waals surface area contributed by atoms with Gasteiger partial charge in [0, 0.05) is 50.1 Å². The molecule has 0 bridgehead atoms. The number of thioether (sulfide) groups is 1. The fraction of sp³-hybridized carbons (Fsp3) is 0.561. The molecule has 2 aliphatic rings. The van der Waals surface area contributed by atoms with Crippen LogP contribution < -0.4 is 9.64 Å². The third-order valence-corrected chi connectivity index (χ3v) is 12.5. The highest BCUT2D eigenvalue weighted by Gasteiger charge is 2.66. The lowest BCUT2D eigenvalue weighted by Gasteiger charge is -2.37. The van der Waals surface area contributed by atoms with Gasteiger partial charge in [-0.2, -0.15) is 0 Å². The van der Waals surface area contributed by atoms with Gasteiger partial charge in [-0.1, -0.05) is 105 Å². The van der Waals surface area contributed by atoms with Crippen molar-refractivity contribution in [2.75, 3.05) is 18.2 Å². The second kappa shape index (κ2) is 13.1. The number of para-hydroxylation sites is 1. The highest BCUT2D eigenvalue weighted by atomic mass is 32.2. The molecule has 3 nitrogen and oxygen atoms in total. The predicted molar refractivity (Wildman–Crippen MR) is 200 cm³/mol. The average molecular weight is 660 g/mol. The summed E-state index contributed by atoms with van der Waals surface area (Å²) < 4.78 is 12.5. The number of benzene rings is 3. The lowest BCUT2D eigenvalue weighted by molar-refractivity contribution is 0.227. The third kappa shape index (κ3) is 8.31. The zero-order valence-corrected chi connectivity index (χ0v) is 31.8. The average Bonchev–Trinajstić information content (AvgIpc) is 3.54. The highest BCUT2D eigenvalue weighted by Crippen LogP contribution is 2.74. The van der Waals surface area contributed by atoms with Crippen molar-refractivity contribution in [3.8, 4) is 5.75 Å². The van der Waals surface area contributed by atoms with E-state index in [0.29, 0.717) is 18.6 Å². The topological polar surface area (TPSA) is 21.7 Å². The zero-order valence-electron chi connectivity index (χ0n) is 30.2. The molecule has 2 heterocycles. The van der Waals surface area contributed by atoms with E-state index < -0.39 is 0 Å². The van der Waals surface area contributed by atoms with Gasteiger partial charge >= 0.3 is 0 Å². The fourth-order valence-corrected chi connectivity index (χ4v) is 9.51. The van der Waals surface area contributed by atoms with Crippen LogP contribution in [0.2, 0.25) is 0 Å². The Kier molecular flexibility index (Phi) is 10.0. The molecule has 5 heteroatoms. The number of nitrogens with zero attached hydrogens (tertiary/aromatic N) is 1. The van der Waals surface area contributed by atoms with Crippen LogP contribution >= 0.6 is 23.8 Å². The smallest absolute Gasteiger partial charge is 0.161 e. The number of ether oxygens (including phenoxy) is 1. The van der Waals surface area contributed by atoms with E-state index >= 15 is 0 Å². The first kappa shape index (κ1) is 35.2. The Morgan fingerprint density at radius 1 is 0.848 bits per heavy atom. The largest absolute Gasteiger partial charge is 0.473 e. The van der Waals surface area contributed by atoms with Crippen molar-refractivity contribution in [1.29, 1.82) is 0 Å². The summed E-state index contributed by atoms with van der Waals surface area (Å²) in [5.41, 5.74) is 5.89. The van der Waals surface area contributed by atoms with Gasteiger partial charge in [-0.3, -0.25) is 0 Å². The van der Waals surface area contributed by atoms with Crippen LogP contribution in [0.3, 0.4) is 0 Å². The fourth-order valence-electron chi connectivity index (χ4n) is 7.00. The minimum absolute atomic E-state index is 0.126. The van der Waals surface area contributed by atoms with Gasteiger partial charge in [0.15, 0.2) is 6.73 Å². The Morgan fingerprint density at radius 2 is 1.50 bits per heavy atom.